The number of nitrogens with one attached hydrogen (secondary N) is 1. The van der Waals surface area contributed by atoms with Crippen LogP contribution >= 0.6 is 0 Å². The molecule has 2 saturated carbocycles. The molecule has 5 atom stereocenters. The van der Waals surface area contributed by atoms with Crippen LogP contribution in [0, 0.1) is 11.8 Å². The molecule has 25 heavy (non-hydrogen) atoms. The Morgan fingerprint density at radius 2 is 1.88 bits per heavy atom. The molecule has 1 aromatic rings. The van der Waals surface area contributed by atoms with E-state index in [0.717, 1.165) is 31.1 Å². The molecule has 1 saturated heterocycles. The average molecular weight is 343 g/mol. The molecule has 0 bridgehead atoms. The molecule has 0 aromatic heterocycles. The molecule has 0 spiro atoms. The summed E-state index contributed by atoms with van der Waals surface area (Å²) in [4.78, 5) is 12.5. The minimum Gasteiger partial charge on any atom is -0.497 e. The third kappa shape index (κ3) is 3.41. The van der Waals surface area contributed by atoms with Crippen LogP contribution in [0.4, 0.5) is 0 Å². The van der Waals surface area contributed by atoms with E-state index in [4.69, 9.17) is 9.47 Å². The molecule has 0 radical (unpaired) electrons. The Bertz CT molecular complexity index is 594. The molecule has 1 aromatic carbocycles. The first-order valence-corrected chi connectivity index (χ1v) is 9.81. The van der Waals surface area contributed by atoms with Crippen molar-refractivity contribution >= 4 is 5.91 Å². The average Bonchev–Trinajstić information content (AvgIpc) is 3.14. The van der Waals surface area contributed by atoms with Gasteiger partial charge < -0.3 is 14.8 Å². The van der Waals surface area contributed by atoms with Crippen molar-refractivity contribution in [2.75, 3.05) is 13.7 Å². The summed E-state index contributed by atoms with van der Waals surface area (Å²) in [5, 5.41) is 3.37. The van der Waals surface area contributed by atoms with Crippen molar-refractivity contribution in [1.82, 2.24) is 5.32 Å². The van der Waals surface area contributed by atoms with Crippen molar-refractivity contribution in [3.63, 3.8) is 0 Å². The molecular weight excluding hydrogens is 314 g/mol. The van der Waals surface area contributed by atoms with E-state index in [1.54, 1.807) is 7.11 Å². The highest BCUT2D eigenvalue weighted by Crippen LogP contribution is 2.54. The number of ether oxygens (including phenoxy) is 2. The summed E-state index contributed by atoms with van der Waals surface area (Å²) >= 11 is 0. The van der Waals surface area contributed by atoms with Crippen molar-refractivity contribution in [3.8, 4) is 5.75 Å². The number of carbonyl (C=O) groups is 1. The molecule has 0 unspecified atom stereocenters. The Morgan fingerprint density at radius 1 is 1.12 bits per heavy atom. The molecular formula is C21H29NO3. The third-order valence-corrected chi connectivity index (χ3v) is 6.45. The molecule has 4 nitrogen and oxygen atoms in total. The number of benzene rings is 1. The van der Waals surface area contributed by atoms with E-state index in [1.807, 2.05) is 12.1 Å². The molecule has 1 heterocycles. The number of carbonyl (C=O) groups excluding carboxylic acids is 1. The highest BCUT2D eigenvalue weighted by Gasteiger charge is 2.51. The van der Waals surface area contributed by atoms with Crippen LogP contribution in [0.1, 0.15) is 56.4 Å². The summed E-state index contributed by atoms with van der Waals surface area (Å²) in [5.74, 6) is 2.87. The number of hydrogen-bond acceptors (Lipinski definition) is 3. The fourth-order valence-corrected chi connectivity index (χ4v) is 5.20. The van der Waals surface area contributed by atoms with Gasteiger partial charge in [-0.1, -0.05) is 25.0 Å². The van der Waals surface area contributed by atoms with Crippen LogP contribution < -0.4 is 10.1 Å². The van der Waals surface area contributed by atoms with Gasteiger partial charge in [0.05, 0.1) is 19.6 Å². The van der Waals surface area contributed by atoms with Crippen LogP contribution in [0.5, 0.6) is 5.75 Å². The van der Waals surface area contributed by atoms with Crippen molar-refractivity contribution in [3.05, 3.63) is 29.8 Å². The van der Waals surface area contributed by atoms with Crippen LogP contribution in [0.3, 0.4) is 0 Å². The zero-order chi connectivity index (χ0) is 17.2. The van der Waals surface area contributed by atoms with E-state index in [-0.39, 0.29) is 18.1 Å². The molecule has 136 valence electrons. The SMILES string of the molecule is COc1ccc([C@H]2[C@@H]3CCCC[C@H]3[C@@H]2NC(=O)C[C@H]2CCCO2)cc1. The number of methoxy groups -OCH3 is 1. The topological polar surface area (TPSA) is 47.6 Å². The van der Waals surface area contributed by atoms with Gasteiger partial charge in [0.25, 0.3) is 0 Å². The van der Waals surface area contributed by atoms with E-state index in [1.165, 1.54) is 31.2 Å². The van der Waals surface area contributed by atoms with Crippen molar-refractivity contribution < 1.29 is 14.3 Å². The zero-order valence-corrected chi connectivity index (χ0v) is 15.1. The van der Waals surface area contributed by atoms with Crippen LogP contribution in [0.2, 0.25) is 0 Å². The van der Waals surface area contributed by atoms with Crippen molar-refractivity contribution in [2.24, 2.45) is 11.8 Å². The van der Waals surface area contributed by atoms with E-state index in [0.29, 0.717) is 18.3 Å². The Kier molecular flexibility index (Phi) is 4.98. The summed E-state index contributed by atoms with van der Waals surface area (Å²) in [7, 11) is 1.70. The molecule has 3 aliphatic rings. The molecule has 4 heteroatoms. The predicted octanol–water partition coefficient (Wildman–Crippen LogP) is 3.65. The van der Waals surface area contributed by atoms with Crippen molar-refractivity contribution in [2.45, 2.75) is 63.0 Å². The normalized spacial score (nSPS) is 34.0. The molecule has 4 rings (SSSR count). The van der Waals surface area contributed by atoms with Gasteiger partial charge in [-0.05, 0) is 55.2 Å². The monoisotopic (exact) mass is 343 g/mol. The van der Waals surface area contributed by atoms with Crippen molar-refractivity contribution in [1.29, 1.82) is 0 Å². The Hall–Kier alpha value is -1.55. The van der Waals surface area contributed by atoms with Gasteiger partial charge in [-0.25, -0.2) is 0 Å². The summed E-state index contributed by atoms with van der Waals surface area (Å²) in [6.07, 6.45) is 7.91. The van der Waals surface area contributed by atoms with E-state index in [2.05, 4.69) is 17.4 Å². The van der Waals surface area contributed by atoms with Crippen LogP contribution in [0.15, 0.2) is 24.3 Å². The Balaban J connectivity index is 1.45. The van der Waals surface area contributed by atoms with Gasteiger partial charge in [0.1, 0.15) is 5.75 Å². The van der Waals surface area contributed by atoms with Gasteiger partial charge in [-0.3, -0.25) is 4.79 Å². The molecule has 1 N–H and O–H groups in total. The number of fused-ring (bicyclic) bond motifs is 1. The lowest BCUT2D eigenvalue weighted by Gasteiger charge is -2.55. The van der Waals surface area contributed by atoms with Crippen LogP contribution in [0.25, 0.3) is 0 Å². The maximum Gasteiger partial charge on any atom is 0.222 e. The van der Waals surface area contributed by atoms with Gasteiger partial charge in [0.15, 0.2) is 0 Å². The second-order valence-corrected chi connectivity index (χ2v) is 7.84. The van der Waals surface area contributed by atoms with Gasteiger partial charge >= 0.3 is 0 Å². The van der Waals surface area contributed by atoms with Gasteiger partial charge in [0.2, 0.25) is 5.91 Å². The first-order valence-electron chi connectivity index (χ1n) is 9.81. The lowest BCUT2D eigenvalue weighted by atomic mass is 9.53. The van der Waals surface area contributed by atoms with E-state index >= 15 is 0 Å². The molecule has 2 aliphatic carbocycles. The lowest BCUT2D eigenvalue weighted by Crippen LogP contribution is -2.59. The second-order valence-electron chi connectivity index (χ2n) is 7.84. The van der Waals surface area contributed by atoms with E-state index in [9.17, 15) is 4.79 Å². The smallest absolute Gasteiger partial charge is 0.222 e. The fraction of sp³-hybridized carbons (Fsp3) is 0.667. The quantitative estimate of drug-likeness (QED) is 0.888. The van der Waals surface area contributed by atoms with E-state index < -0.39 is 0 Å². The molecule has 1 aliphatic heterocycles. The van der Waals surface area contributed by atoms with Crippen LogP contribution in [-0.2, 0) is 9.53 Å². The first kappa shape index (κ1) is 16.9. The second kappa shape index (κ2) is 7.36. The maximum absolute atomic E-state index is 12.5. The van der Waals surface area contributed by atoms with Crippen LogP contribution in [-0.4, -0.2) is 31.8 Å². The number of hydrogen-bond donors (Lipinski definition) is 1. The predicted molar refractivity (Wildman–Crippen MR) is 96.7 cm³/mol. The maximum atomic E-state index is 12.5. The number of rotatable bonds is 5. The zero-order valence-electron chi connectivity index (χ0n) is 15.1. The van der Waals surface area contributed by atoms with Gasteiger partial charge in [0, 0.05) is 18.6 Å². The first-order chi connectivity index (χ1) is 12.3. The molecule has 3 fully saturated rings. The fourth-order valence-electron chi connectivity index (χ4n) is 5.20. The highest BCUT2D eigenvalue weighted by atomic mass is 16.5. The summed E-state index contributed by atoms with van der Waals surface area (Å²) in [6.45, 7) is 0.806. The van der Waals surface area contributed by atoms with Gasteiger partial charge in [-0.15, -0.1) is 0 Å². The standard InChI is InChI=1S/C21H29NO3/c1-24-15-10-8-14(9-11-15)20-17-6-2-3-7-18(17)21(20)22-19(23)13-16-5-4-12-25-16/h8-11,16-18,20-21H,2-7,12-13H2,1H3,(H,22,23)/t16-,17-,18-,20+,21+/m1/s1. The summed E-state index contributed by atoms with van der Waals surface area (Å²) in [5.41, 5.74) is 1.34. The lowest BCUT2D eigenvalue weighted by molar-refractivity contribution is -0.127. The minimum absolute atomic E-state index is 0.127. The Morgan fingerprint density at radius 3 is 2.56 bits per heavy atom. The highest BCUT2D eigenvalue weighted by molar-refractivity contribution is 5.77. The molecule has 1 amide bonds. The Labute approximate surface area is 150 Å². The third-order valence-electron chi connectivity index (χ3n) is 6.45. The summed E-state index contributed by atoms with van der Waals surface area (Å²) < 4.78 is 10.9. The minimum atomic E-state index is 0.127. The number of amides is 1. The van der Waals surface area contributed by atoms with Gasteiger partial charge in [-0.2, -0.15) is 0 Å². The largest absolute Gasteiger partial charge is 0.497 e. The summed E-state index contributed by atoms with van der Waals surface area (Å²) in [6, 6.07) is 8.71.